The fourth-order valence-corrected chi connectivity index (χ4v) is 1.05. The number of aromatic nitrogens is 2. The first-order chi connectivity index (χ1) is 8.41. The highest BCUT2D eigenvalue weighted by Gasteiger charge is 2.33. The lowest BCUT2D eigenvalue weighted by Gasteiger charge is -1.99. The predicted octanol–water partition coefficient (Wildman–Crippen LogP) is 2.95. The number of alkyl halides is 3. The van der Waals surface area contributed by atoms with Crippen molar-refractivity contribution >= 4 is 6.08 Å². The van der Waals surface area contributed by atoms with Gasteiger partial charge in [-0.1, -0.05) is 19.8 Å². The third kappa shape index (κ3) is 7.62. The summed E-state index contributed by atoms with van der Waals surface area (Å²) in [6.45, 7) is 2.77. The summed E-state index contributed by atoms with van der Waals surface area (Å²) in [4.78, 5) is 12.9. The van der Waals surface area contributed by atoms with Gasteiger partial charge in [-0.3, -0.25) is 4.68 Å². The van der Waals surface area contributed by atoms with Crippen LogP contribution in [0.1, 0.15) is 31.9 Å². The van der Waals surface area contributed by atoms with Gasteiger partial charge in [0.2, 0.25) is 6.08 Å². The van der Waals surface area contributed by atoms with Crippen molar-refractivity contribution < 1.29 is 18.0 Å². The summed E-state index contributed by atoms with van der Waals surface area (Å²) in [5.41, 5.74) is -0.852. The number of aliphatic imine (C=N–C) groups is 1. The summed E-state index contributed by atoms with van der Waals surface area (Å²) in [5.74, 6) is 0. The molecule has 0 aliphatic carbocycles. The van der Waals surface area contributed by atoms with Crippen LogP contribution in [-0.4, -0.2) is 22.4 Å². The lowest BCUT2D eigenvalue weighted by molar-refractivity contribution is -0.141. The molecule has 0 bridgehead atoms. The van der Waals surface area contributed by atoms with Gasteiger partial charge in [0.25, 0.3) is 0 Å². The molecular formula is C11H16F3N3O. The molecule has 102 valence electrons. The van der Waals surface area contributed by atoms with E-state index in [2.05, 4.69) is 17.0 Å². The summed E-state index contributed by atoms with van der Waals surface area (Å²) in [5, 5.41) is 3.17. The largest absolute Gasteiger partial charge is 0.435 e. The van der Waals surface area contributed by atoms with Gasteiger partial charge in [-0.25, -0.2) is 9.79 Å². The third-order valence-corrected chi connectivity index (χ3v) is 1.94. The van der Waals surface area contributed by atoms with Gasteiger partial charge < -0.3 is 0 Å². The third-order valence-electron chi connectivity index (χ3n) is 1.94. The minimum Gasteiger partial charge on any atom is -0.275 e. The van der Waals surface area contributed by atoms with Crippen LogP contribution in [0.5, 0.6) is 0 Å². The molecule has 0 saturated carbocycles. The topological polar surface area (TPSA) is 47.2 Å². The Hall–Kier alpha value is -1.62. The molecule has 1 rings (SSSR count). The van der Waals surface area contributed by atoms with E-state index in [-0.39, 0.29) is 0 Å². The van der Waals surface area contributed by atoms with Crippen molar-refractivity contribution in [3.05, 3.63) is 18.0 Å². The Bertz CT molecular complexity index is 381. The molecule has 0 aliphatic heterocycles. The Kier molecular flexibility index (Phi) is 7.71. The Balaban J connectivity index is 0.000000331. The molecule has 0 aromatic carbocycles. The molecule has 0 N–H and O–H groups in total. The Morgan fingerprint density at radius 1 is 1.44 bits per heavy atom. The molecule has 0 fully saturated rings. The maximum absolute atomic E-state index is 11.7. The summed E-state index contributed by atoms with van der Waals surface area (Å²) in [6.07, 6.45) is 1.79. The van der Waals surface area contributed by atoms with Crippen molar-refractivity contribution in [3.8, 4) is 0 Å². The lowest BCUT2D eigenvalue weighted by Crippen LogP contribution is -2.06. The molecule has 0 radical (unpaired) electrons. The number of unbranched alkanes of at least 4 members (excludes halogenated alkanes) is 2. The summed E-state index contributed by atoms with van der Waals surface area (Å²) < 4.78 is 36.3. The Morgan fingerprint density at radius 3 is 2.44 bits per heavy atom. The second kappa shape index (κ2) is 8.47. The second-order valence-corrected chi connectivity index (χ2v) is 3.55. The Labute approximate surface area is 104 Å². The standard InChI is InChI=1S/C6H11NO.C5H5F3N2/c1-2-3-4-5-7-6-8;1-10-3-2-4(9-10)5(6,7)8/h2-5H2,1H3;2-3H,1H3. The fraction of sp³-hybridized carbons (Fsp3) is 0.636. The van der Waals surface area contributed by atoms with Gasteiger partial charge in [-0.05, 0) is 12.5 Å². The van der Waals surface area contributed by atoms with Gasteiger partial charge >= 0.3 is 6.18 Å². The monoisotopic (exact) mass is 263 g/mol. The number of rotatable bonds is 4. The van der Waals surface area contributed by atoms with E-state index in [1.165, 1.54) is 25.7 Å². The molecule has 0 aliphatic rings. The smallest absolute Gasteiger partial charge is 0.275 e. The van der Waals surface area contributed by atoms with Crippen molar-refractivity contribution in [1.29, 1.82) is 0 Å². The average Bonchev–Trinajstić information content (AvgIpc) is 2.72. The van der Waals surface area contributed by atoms with Crippen LogP contribution < -0.4 is 0 Å². The summed E-state index contributed by atoms with van der Waals surface area (Å²) >= 11 is 0. The molecule has 0 unspecified atom stereocenters. The van der Waals surface area contributed by atoms with E-state index in [1.54, 1.807) is 0 Å². The van der Waals surface area contributed by atoms with Gasteiger partial charge in [-0.15, -0.1) is 0 Å². The van der Waals surface area contributed by atoms with Gasteiger partial charge in [0, 0.05) is 13.2 Å². The van der Waals surface area contributed by atoms with Crippen LogP contribution in [0.4, 0.5) is 13.2 Å². The fourth-order valence-electron chi connectivity index (χ4n) is 1.05. The molecule has 0 spiro atoms. The van der Waals surface area contributed by atoms with Crippen LogP contribution in [0, 0.1) is 0 Å². The number of isocyanates is 1. The van der Waals surface area contributed by atoms with Gasteiger partial charge in [-0.2, -0.15) is 18.3 Å². The SMILES string of the molecule is CCCCCN=C=O.Cn1ccc(C(F)(F)F)n1. The Morgan fingerprint density at radius 2 is 2.11 bits per heavy atom. The van der Waals surface area contributed by atoms with E-state index in [9.17, 15) is 18.0 Å². The summed E-state index contributed by atoms with van der Waals surface area (Å²) in [7, 11) is 1.44. The molecule has 0 amide bonds. The molecular weight excluding hydrogens is 247 g/mol. The van der Waals surface area contributed by atoms with Crippen LogP contribution >= 0.6 is 0 Å². The van der Waals surface area contributed by atoms with E-state index in [1.807, 2.05) is 0 Å². The number of aryl methyl sites for hydroxylation is 1. The number of hydrogen-bond donors (Lipinski definition) is 0. The highest BCUT2D eigenvalue weighted by Crippen LogP contribution is 2.26. The number of hydrogen-bond acceptors (Lipinski definition) is 3. The second-order valence-electron chi connectivity index (χ2n) is 3.55. The van der Waals surface area contributed by atoms with Crippen molar-refractivity contribution in [2.75, 3.05) is 6.54 Å². The predicted molar refractivity (Wildman–Crippen MR) is 60.7 cm³/mol. The molecule has 1 aromatic heterocycles. The van der Waals surface area contributed by atoms with Crippen molar-refractivity contribution in [2.24, 2.45) is 12.0 Å². The van der Waals surface area contributed by atoms with Crippen molar-refractivity contribution in [1.82, 2.24) is 9.78 Å². The maximum Gasteiger partial charge on any atom is 0.435 e. The van der Waals surface area contributed by atoms with Crippen LogP contribution in [0.15, 0.2) is 17.3 Å². The zero-order valence-electron chi connectivity index (χ0n) is 10.4. The van der Waals surface area contributed by atoms with Crippen molar-refractivity contribution in [3.63, 3.8) is 0 Å². The first kappa shape index (κ1) is 16.4. The highest BCUT2D eigenvalue weighted by molar-refractivity contribution is 5.32. The van der Waals surface area contributed by atoms with Crippen LogP contribution in [0.2, 0.25) is 0 Å². The molecule has 0 atom stereocenters. The van der Waals surface area contributed by atoms with Crippen LogP contribution in [0.25, 0.3) is 0 Å². The zero-order chi connectivity index (χ0) is 14.0. The van der Waals surface area contributed by atoms with E-state index in [0.29, 0.717) is 6.54 Å². The average molecular weight is 263 g/mol. The first-order valence-electron chi connectivity index (χ1n) is 5.52. The quantitative estimate of drug-likeness (QED) is 0.476. The van der Waals surface area contributed by atoms with Gasteiger partial charge in [0.1, 0.15) is 0 Å². The van der Waals surface area contributed by atoms with Crippen LogP contribution in [-0.2, 0) is 18.0 Å². The van der Waals surface area contributed by atoms with Gasteiger partial charge in [0.15, 0.2) is 5.69 Å². The molecule has 7 heteroatoms. The van der Waals surface area contributed by atoms with E-state index < -0.39 is 11.9 Å². The maximum atomic E-state index is 11.7. The summed E-state index contributed by atoms with van der Waals surface area (Å²) in [6, 6.07) is 0.931. The highest BCUT2D eigenvalue weighted by atomic mass is 19.4. The zero-order valence-corrected chi connectivity index (χ0v) is 10.4. The minimum atomic E-state index is -4.32. The number of carbonyl (C=O) groups excluding carboxylic acids is 1. The molecule has 18 heavy (non-hydrogen) atoms. The number of halogens is 3. The van der Waals surface area contributed by atoms with Crippen molar-refractivity contribution in [2.45, 2.75) is 32.4 Å². The van der Waals surface area contributed by atoms with Crippen LogP contribution in [0.3, 0.4) is 0 Å². The number of nitrogens with zero attached hydrogens (tertiary/aromatic N) is 3. The minimum absolute atomic E-state index is 0.650. The normalized spacial score (nSPS) is 10.3. The molecule has 1 aromatic rings. The molecule has 4 nitrogen and oxygen atoms in total. The van der Waals surface area contributed by atoms with E-state index in [4.69, 9.17) is 0 Å². The van der Waals surface area contributed by atoms with E-state index >= 15 is 0 Å². The van der Waals surface area contributed by atoms with E-state index in [0.717, 1.165) is 23.6 Å². The molecule has 1 heterocycles. The molecule has 0 saturated heterocycles. The van der Waals surface area contributed by atoms with Gasteiger partial charge in [0.05, 0.1) is 6.54 Å². The lowest BCUT2D eigenvalue weighted by atomic mass is 10.3. The first-order valence-corrected chi connectivity index (χ1v) is 5.52.